The third-order valence-corrected chi connectivity index (χ3v) is 8.37. The van der Waals surface area contributed by atoms with Gasteiger partial charge in [0.25, 0.3) is 0 Å². The Kier molecular flexibility index (Phi) is 7.79. The van der Waals surface area contributed by atoms with Gasteiger partial charge in [-0.15, -0.1) is 11.3 Å². The summed E-state index contributed by atoms with van der Waals surface area (Å²) in [5, 5.41) is 0. The van der Waals surface area contributed by atoms with Gasteiger partial charge in [-0.1, -0.05) is 11.6 Å². The van der Waals surface area contributed by atoms with Gasteiger partial charge in [0.2, 0.25) is 15.9 Å². The third kappa shape index (κ3) is 5.35. The summed E-state index contributed by atoms with van der Waals surface area (Å²) in [7, 11) is -3.57. The Balaban J connectivity index is 1.60. The first-order valence-electron chi connectivity index (χ1n) is 10.1. The largest absolute Gasteiger partial charge is 0.494 e. The summed E-state index contributed by atoms with van der Waals surface area (Å²) < 4.78 is 33.5. The monoisotopic (exact) mass is 470 g/mol. The summed E-state index contributed by atoms with van der Waals surface area (Å²) in [6, 6.07) is 10.3. The normalized spacial score (nSPS) is 15.8. The number of hydrogen-bond donors (Lipinski definition) is 0. The van der Waals surface area contributed by atoms with Gasteiger partial charge < -0.3 is 9.64 Å². The van der Waals surface area contributed by atoms with Crippen LogP contribution >= 0.6 is 22.9 Å². The van der Waals surface area contributed by atoms with Crippen molar-refractivity contribution in [2.24, 2.45) is 5.92 Å². The first-order valence-corrected chi connectivity index (χ1v) is 12.7. The molecule has 1 saturated heterocycles. The molecule has 0 aliphatic carbocycles. The topological polar surface area (TPSA) is 66.9 Å². The van der Waals surface area contributed by atoms with Crippen molar-refractivity contribution in [3.05, 3.63) is 45.6 Å². The Morgan fingerprint density at radius 2 is 1.83 bits per heavy atom. The molecule has 1 aliphatic heterocycles. The minimum absolute atomic E-state index is 0.0835. The number of ether oxygens (including phenoxy) is 1. The number of amides is 1. The highest BCUT2D eigenvalue weighted by atomic mass is 35.5. The lowest BCUT2D eigenvalue weighted by molar-refractivity contribution is -0.137. The van der Waals surface area contributed by atoms with Gasteiger partial charge in [-0.05, 0) is 63.1 Å². The van der Waals surface area contributed by atoms with Gasteiger partial charge in [0.15, 0.2) is 0 Å². The molecule has 0 atom stereocenters. The van der Waals surface area contributed by atoms with Crippen molar-refractivity contribution in [2.75, 3.05) is 26.2 Å². The maximum Gasteiger partial charge on any atom is 0.243 e. The van der Waals surface area contributed by atoms with E-state index in [1.54, 1.807) is 24.3 Å². The van der Waals surface area contributed by atoms with Crippen LogP contribution in [0, 0.1) is 5.92 Å². The van der Waals surface area contributed by atoms with Gasteiger partial charge in [-0.3, -0.25) is 4.79 Å². The fourth-order valence-electron chi connectivity index (χ4n) is 3.60. The molecule has 30 heavy (non-hydrogen) atoms. The fraction of sp³-hybridized carbons (Fsp3) is 0.476. The number of benzene rings is 1. The predicted octanol–water partition coefficient (Wildman–Crippen LogP) is 4.25. The summed E-state index contributed by atoms with van der Waals surface area (Å²) in [6.45, 7) is 6.20. The van der Waals surface area contributed by atoms with Crippen LogP contribution in [0.5, 0.6) is 5.75 Å². The average Bonchev–Trinajstić information content (AvgIpc) is 3.17. The number of carbonyl (C=O) groups is 1. The third-order valence-electron chi connectivity index (χ3n) is 5.24. The summed E-state index contributed by atoms with van der Waals surface area (Å²) in [6.07, 6.45) is 1.05. The molecule has 1 fully saturated rings. The number of rotatable bonds is 8. The molecule has 1 aromatic heterocycles. The van der Waals surface area contributed by atoms with Gasteiger partial charge >= 0.3 is 0 Å². The van der Waals surface area contributed by atoms with Crippen molar-refractivity contribution in [2.45, 2.75) is 38.1 Å². The van der Waals surface area contributed by atoms with Crippen molar-refractivity contribution in [3.8, 4) is 5.75 Å². The molecule has 9 heteroatoms. The zero-order valence-electron chi connectivity index (χ0n) is 17.2. The first kappa shape index (κ1) is 23.1. The quantitative estimate of drug-likeness (QED) is 0.578. The molecule has 2 heterocycles. The minimum atomic E-state index is -3.57. The summed E-state index contributed by atoms with van der Waals surface area (Å²) >= 11 is 7.47. The second-order valence-electron chi connectivity index (χ2n) is 7.14. The number of carbonyl (C=O) groups excluding carboxylic acids is 1. The second-order valence-corrected chi connectivity index (χ2v) is 10.9. The molecule has 0 N–H and O–H groups in total. The first-order chi connectivity index (χ1) is 14.3. The number of hydrogen-bond acceptors (Lipinski definition) is 5. The molecule has 2 aromatic rings. The van der Waals surface area contributed by atoms with E-state index >= 15 is 0 Å². The van der Waals surface area contributed by atoms with E-state index in [0.717, 1.165) is 4.88 Å². The second kappa shape index (κ2) is 10.1. The van der Waals surface area contributed by atoms with Crippen LogP contribution in [0.2, 0.25) is 4.34 Å². The van der Waals surface area contributed by atoms with E-state index < -0.39 is 10.0 Å². The van der Waals surface area contributed by atoms with Crippen molar-refractivity contribution in [1.29, 1.82) is 0 Å². The van der Waals surface area contributed by atoms with Crippen LogP contribution < -0.4 is 4.74 Å². The van der Waals surface area contributed by atoms with E-state index in [0.29, 0.717) is 55.7 Å². The molecule has 164 valence electrons. The molecule has 1 aliphatic rings. The van der Waals surface area contributed by atoms with Crippen molar-refractivity contribution in [1.82, 2.24) is 9.21 Å². The molecule has 0 spiro atoms. The van der Waals surface area contributed by atoms with Crippen LogP contribution in [0.15, 0.2) is 41.3 Å². The fourth-order valence-corrected chi connectivity index (χ4v) is 6.17. The molecule has 0 radical (unpaired) electrons. The number of piperidine rings is 1. The van der Waals surface area contributed by atoms with E-state index in [4.69, 9.17) is 16.3 Å². The van der Waals surface area contributed by atoms with Crippen LogP contribution in [-0.2, 0) is 21.4 Å². The lowest BCUT2D eigenvalue weighted by Crippen LogP contribution is -2.44. The summed E-state index contributed by atoms with van der Waals surface area (Å²) in [5.41, 5.74) is 0. The van der Waals surface area contributed by atoms with Crippen LogP contribution in [0.3, 0.4) is 0 Å². The van der Waals surface area contributed by atoms with Gasteiger partial charge in [0.05, 0.1) is 22.4 Å². The molecular weight excluding hydrogens is 444 g/mol. The van der Waals surface area contributed by atoms with Gasteiger partial charge in [-0.2, -0.15) is 4.31 Å². The lowest BCUT2D eigenvalue weighted by atomic mass is 9.96. The Bertz CT molecular complexity index is 952. The maximum atomic E-state index is 13.0. The zero-order chi connectivity index (χ0) is 21.7. The molecule has 3 rings (SSSR count). The van der Waals surface area contributed by atoms with Crippen molar-refractivity contribution < 1.29 is 17.9 Å². The van der Waals surface area contributed by atoms with E-state index in [-0.39, 0.29) is 16.7 Å². The van der Waals surface area contributed by atoms with Crippen LogP contribution in [0.4, 0.5) is 0 Å². The van der Waals surface area contributed by atoms with Gasteiger partial charge in [-0.25, -0.2) is 8.42 Å². The standard InChI is InChI=1S/C21H27ClN2O4S2/c1-3-23(15-18-7-10-20(22)29-18)21(25)16-11-13-24(14-12-16)30(26,27)19-8-5-17(6-9-19)28-4-2/h5-10,16H,3-4,11-15H2,1-2H3. The summed E-state index contributed by atoms with van der Waals surface area (Å²) in [5.74, 6) is 0.569. The minimum Gasteiger partial charge on any atom is -0.494 e. The van der Waals surface area contributed by atoms with E-state index in [1.165, 1.54) is 15.6 Å². The molecule has 1 aromatic carbocycles. The smallest absolute Gasteiger partial charge is 0.243 e. The van der Waals surface area contributed by atoms with Gasteiger partial charge in [0.1, 0.15) is 5.75 Å². The zero-order valence-corrected chi connectivity index (χ0v) is 19.6. The highest BCUT2D eigenvalue weighted by Crippen LogP contribution is 2.28. The number of thiophene rings is 1. The maximum absolute atomic E-state index is 13.0. The highest BCUT2D eigenvalue weighted by Gasteiger charge is 2.33. The van der Waals surface area contributed by atoms with Crippen LogP contribution in [-0.4, -0.2) is 49.8 Å². The molecule has 0 saturated carbocycles. The molecule has 0 unspecified atom stereocenters. The summed E-state index contributed by atoms with van der Waals surface area (Å²) in [4.78, 5) is 16.1. The van der Waals surface area contributed by atoms with Crippen molar-refractivity contribution in [3.63, 3.8) is 0 Å². The van der Waals surface area contributed by atoms with E-state index in [9.17, 15) is 13.2 Å². The Morgan fingerprint density at radius 3 is 2.37 bits per heavy atom. The van der Waals surface area contributed by atoms with Crippen LogP contribution in [0.1, 0.15) is 31.6 Å². The molecule has 1 amide bonds. The highest BCUT2D eigenvalue weighted by molar-refractivity contribution is 7.89. The number of halogens is 1. The van der Waals surface area contributed by atoms with Gasteiger partial charge in [0, 0.05) is 30.4 Å². The Morgan fingerprint density at radius 1 is 1.17 bits per heavy atom. The Hall–Kier alpha value is -1.61. The van der Waals surface area contributed by atoms with E-state index in [1.807, 2.05) is 30.9 Å². The Labute approximate surface area is 187 Å². The lowest BCUT2D eigenvalue weighted by Gasteiger charge is -2.33. The van der Waals surface area contributed by atoms with Crippen LogP contribution in [0.25, 0.3) is 0 Å². The molecule has 6 nitrogen and oxygen atoms in total. The molecular formula is C21H27ClN2O4S2. The number of nitrogens with zero attached hydrogens (tertiary/aromatic N) is 2. The SMILES string of the molecule is CCOc1ccc(S(=O)(=O)N2CCC(C(=O)N(CC)Cc3ccc(Cl)s3)CC2)cc1. The average molecular weight is 471 g/mol. The number of sulfonamides is 1. The predicted molar refractivity (Wildman–Crippen MR) is 120 cm³/mol. The van der Waals surface area contributed by atoms with E-state index in [2.05, 4.69) is 0 Å². The molecule has 0 bridgehead atoms. The van der Waals surface area contributed by atoms with Crippen molar-refractivity contribution >= 4 is 38.9 Å².